The summed E-state index contributed by atoms with van der Waals surface area (Å²) in [6.45, 7) is -6.60. The van der Waals surface area contributed by atoms with Gasteiger partial charge in [-0.1, -0.05) is 0 Å². The molecule has 0 aliphatic carbocycles. The van der Waals surface area contributed by atoms with Crippen LogP contribution in [0, 0.1) is 0 Å². The second-order valence-electron chi connectivity index (χ2n) is 2.30. The first kappa shape index (κ1) is 3.61. The number of β-lactam (4-membered cyclic amide) rings is 1. The highest BCUT2D eigenvalue weighted by Gasteiger charge is 2.54. The Kier molecular flexibility index (Phi) is 0.705. The summed E-state index contributed by atoms with van der Waals surface area (Å²) >= 11 is 0. The van der Waals surface area contributed by atoms with Crippen LogP contribution in [-0.2, 0) is 4.79 Å². The van der Waals surface area contributed by atoms with E-state index in [1.165, 1.54) is 5.32 Å². The number of carbonyl (C=O) groups is 2. The topological polar surface area (TPSA) is 89.9 Å². The van der Waals surface area contributed by atoms with Gasteiger partial charge in [-0.2, -0.15) is 0 Å². The average molecular weight is 180 g/mol. The zero-order chi connectivity index (χ0) is 14.5. The summed E-state index contributed by atoms with van der Waals surface area (Å²) in [6.07, 6.45) is -1.76. The first-order chi connectivity index (χ1) is 7.87. The molecule has 0 bridgehead atoms. The van der Waals surface area contributed by atoms with Crippen molar-refractivity contribution >= 4 is 12.0 Å². The number of amides is 2. The zero-order valence-corrected chi connectivity index (χ0v) is 5.74. The summed E-state index contributed by atoms with van der Waals surface area (Å²) < 4.78 is 43.0. The van der Waals surface area contributed by atoms with Gasteiger partial charge in [-0.3, -0.25) is 10.0 Å². The number of nitrogens with one attached hydrogen (secondary N) is 1. The molecular formula is C6H10N2O4. The van der Waals surface area contributed by atoms with Gasteiger partial charge in [0.2, 0.25) is 0 Å². The number of hydrogen-bond donors (Lipinski definition) is 3. The number of hydroxylamine groups is 2. The van der Waals surface area contributed by atoms with Crippen LogP contribution in [0.4, 0.5) is 4.79 Å². The molecule has 12 heavy (non-hydrogen) atoms. The molecule has 2 amide bonds. The third kappa shape index (κ3) is 1.00. The third-order valence-corrected chi connectivity index (χ3v) is 1.48. The SMILES string of the molecule is [2H]C([2H])([2H])C1(C([2H])([2H])[2H])C(NC(=O)O)C(=O)N1O. The molecule has 1 heterocycles. The van der Waals surface area contributed by atoms with Crippen molar-refractivity contribution in [2.75, 3.05) is 0 Å². The van der Waals surface area contributed by atoms with Gasteiger partial charge in [0.1, 0.15) is 6.04 Å². The summed E-state index contributed by atoms with van der Waals surface area (Å²) in [5, 5.41) is 18.9. The summed E-state index contributed by atoms with van der Waals surface area (Å²) in [5.41, 5.74) is -2.98. The van der Waals surface area contributed by atoms with Crippen LogP contribution < -0.4 is 5.32 Å². The van der Waals surface area contributed by atoms with Gasteiger partial charge >= 0.3 is 6.09 Å². The quantitative estimate of drug-likeness (QED) is 0.379. The molecule has 6 nitrogen and oxygen atoms in total. The van der Waals surface area contributed by atoms with E-state index >= 15 is 0 Å². The predicted octanol–water partition coefficient (Wildman–Crippen LogP) is -0.367. The smallest absolute Gasteiger partial charge is 0.405 e. The first-order valence-corrected chi connectivity index (χ1v) is 2.90. The Labute approximate surface area is 77.2 Å². The Balaban J connectivity index is 3.33. The lowest BCUT2D eigenvalue weighted by atomic mass is 9.85. The fourth-order valence-electron chi connectivity index (χ4n) is 0.821. The van der Waals surface area contributed by atoms with E-state index in [2.05, 4.69) is 0 Å². The molecule has 1 aliphatic heterocycles. The van der Waals surface area contributed by atoms with Gasteiger partial charge in [-0.25, -0.2) is 9.86 Å². The Morgan fingerprint density at radius 3 is 2.83 bits per heavy atom. The number of carbonyl (C=O) groups excluding carboxylic acids is 1. The highest BCUT2D eigenvalue weighted by atomic mass is 16.5. The molecule has 0 aromatic carbocycles. The molecule has 1 fully saturated rings. The highest BCUT2D eigenvalue weighted by Crippen LogP contribution is 2.28. The molecule has 1 saturated heterocycles. The van der Waals surface area contributed by atoms with Crippen molar-refractivity contribution in [3.8, 4) is 0 Å². The molecule has 1 unspecified atom stereocenters. The van der Waals surface area contributed by atoms with Gasteiger partial charge in [-0.05, 0) is 13.7 Å². The van der Waals surface area contributed by atoms with Crippen molar-refractivity contribution in [2.45, 2.75) is 25.3 Å². The summed E-state index contributed by atoms with van der Waals surface area (Å²) in [6, 6.07) is -2.06. The van der Waals surface area contributed by atoms with E-state index < -0.39 is 42.3 Å². The lowest BCUT2D eigenvalue weighted by molar-refractivity contribution is -0.230. The number of hydrogen-bond acceptors (Lipinski definition) is 3. The van der Waals surface area contributed by atoms with E-state index in [0.717, 1.165) is 0 Å². The molecule has 0 aromatic rings. The monoisotopic (exact) mass is 180 g/mol. The molecule has 0 aromatic heterocycles. The average Bonchev–Trinajstić information content (AvgIpc) is 2.11. The van der Waals surface area contributed by atoms with Gasteiger partial charge in [0.25, 0.3) is 5.91 Å². The molecule has 1 aliphatic rings. The summed E-state index contributed by atoms with van der Waals surface area (Å²) in [7, 11) is 0. The maximum Gasteiger partial charge on any atom is 0.405 e. The number of nitrogens with zero attached hydrogens (tertiary/aromatic N) is 1. The Morgan fingerprint density at radius 1 is 1.83 bits per heavy atom. The van der Waals surface area contributed by atoms with Crippen molar-refractivity contribution in [3.63, 3.8) is 0 Å². The normalized spacial score (nSPS) is 35.9. The Bertz CT molecular complexity index is 377. The van der Waals surface area contributed by atoms with Gasteiger partial charge in [-0.15, -0.1) is 0 Å². The van der Waals surface area contributed by atoms with Gasteiger partial charge < -0.3 is 10.4 Å². The molecule has 3 N–H and O–H groups in total. The van der Waals surface area contributed by atoms with Crippen LogP contribution in [0.5, 0.6) is 0 Å². The van der Waals surface area contributed by atoms with Crippen LogP contribution in [0.25, 0.3) is 0 Å². The standard InChI is InChI=1S/C6H10N2O4/c1-6(2)3(7-5(10)11)4(9)8(6)12/h3,7,12H,1-2H3,(H,10,11)/i1D3,2D3. The first-order valence-electron chi connectivity index (χ1n) is 5.90. The summed E-state index contributed by atoms with van der Waals surface area (Å²) in [4.78, 5) is 21.7. The van der Waals surface area contributed by atoms with Crippen molar-refractivity contribution in [1.29, 1.82) is 0 Å². The maximum atomic E-state index is 11.3. The van der Waals surface area contributed by atoms with Crippen LogP contribution >= 0.6 is 0 Å². The van der Waals surface area contributed by atoms with Crippen molar-refractivity contribution in [3.05, 3.63) is 0 Å². The predicted molar refractivity (Wildman–Crippen MR) is 37.7 cm³/mol. The second-order valence-corrected chi connectivity index (χ2v) is 2.30. The minimum Gasteiger partial charge on any atom is -0.465 e. The molecule has 0 saturated carbocycles. The molecule has 0 spiro atoms. The van der Waals surface area contributed by atoms with Crippen LogP contribution in [0.15, 0.2) is 0 Å². The van der Waals surface area contributed by atoms with Crippen LogP contribution in [0.3, 0.4) is 0 Å². The Morgan fingerprint density at radius 2 is 2.42 bits per heavy atom. The molecular weight excluding hydrogens is 164 g/mol. The minimum absolute atomic E-state index is 0.437. The van der Waals surface area contributed by atoms with E-state index in [9.17, 15) is 14.8 Å². The number of rotatable bonds is 1. The van der Waals surface area contributed by atoms with Gasteiger partial charge in [0.05, 0.1) is 5.54 Å². The van der Waals surface area contributed by atoms with Crippen LogP contribution in [0.1, 0.15) is 21.9 Å². The largest absolute Gasteiger partial charge is 0.465 e. The van der Waals surface area contributed by atoms with E-state index in [1.807, 2.05) is 0 Å². The number of carboxylic acid groups (broad SMARTS) is 1. The fraction of sp³-hybridized carbons (Fsp3) is 0.667. The van der Waals surface area contributed by atoms with Crippen molar-refractivity contribution in [2.24, 2.45) is 0 Å². The Hall–Kier alpha value is -1.30. The third-order valence-electron chi connectivity index (χ3n) is 1.48. The lowest BCUT2D eigenvalue weighted by Crippen LogP contribution is -2.75. The fourth-order valence-corrected chi connectivity index (χ4v) is 0.821. The van der Waals surface area contributed by atoms with E-state index in [0.29, 0.717) is 0 Å². The van der Waals surface area contributed by atoms with E-state index in [4.69, 9.17) is 13.3 Å². The maximum absolute atomic E-state index is 11.3. The van der Waals surface area contributed by atoms with Crippen molar-refractivity contribution < 1.29 is 28.1 Å². The van der Waals surface area contributed by atoms with Crippen molar-refractivity contribution in [1.82, 2.24) is 10.4 Å². The van der Waals surface area contributed by atoms with E-state index in [1.54, 1.807) is 0 Å². The summed E-state index contributed by atoms with van der Waals surface area (Å²) in [5.74, 6) is -1.33. The van der Waals surface area contributed by atoms with Gasteiger partial charge in [0.15, 0.2) is 0 Å². The highest BCUT2D eigenvalue weighted by molar-refractivity contribution is 5.92. The molecule has 6 heteroatoms. The molecule has 1 rings (SSSR count). The van der Waals surface area contributed by atoms with Crippen LogP contribution in [-0.4, -0.2) is 39.0 Å². The minimum atomic E-state index is -3.30. The van der Waals surface area contributed by atoms with Crippen LogP contribution in [0.2, 0.25) is 0 Å². The molecule has 1 atom stereocenters. The second kappa shape index (κ2) is 2.34. The zero-order valence-electron chi connectivity index (χ0n) is 11.7. The van der Waals surface area contributed by atoms with E-state index in [-0.39, 0.29) is 0 Å². The van der Waals surface area contributed by atoms with Gasteiger partial charge in [0, 0.05) is 8.22 Å². The molecule has 0 radical (unpaired) electrons. The lowest BCUT2D eigenvalue weighted by Gasteiger charge is -2.48. The molecule has 68 valence electrons.